The molecule has 9 nitrogen and oxygen atoms in total. The van der Waals surface area contributed by atoms with Crippen molar-refractivity contribution < 1.29 is 31.5 Å². The molecular weight excluding hydrogens is 887 g/mol. The molecule has 1 heterocycles. The van der Waals surface area contributed by atoms with Gasteiger partial charge in [-0.1, -0.05) is 87.0 Å². The number of anilines is 2. The Balaban J connectivity index is 0.000000785. The van der Waals surface area contributed by atoms with E-state index in [0.717, 1.165) is 86.5 Å². The van der Waals surface area contributed by atoms with E-state index < -0.39 is 26.1 Å². The van der Waals surface area contributed by atoms with Gasteiger partial charge in [-0.05, 0) is 115 Å². The quantitative estimate of drug-likeness (QED) is 0.0503. The van der Waals surface area contributed by atoms with Crippen LogP contribution in [0, 0.1) is 5.92 Å². The SMILES string of the molecule is CCN(C)CC(C)C.CO.O=C(NSc1ccc(NCCSc2ccccc2)c(S(=O)(=O)C(F)(F)F)c1)c1ccc(N2CCN(Cc3ccccc3-c3ccc(Cl)cc3)CC2)cc1. The molecule has 0 radical (unpaired) electrons. The molecule has 0 aromatic heterocycles. The van der Waals surface area contributed by atoms with Crippen molar-refractivity contribution in [2.24, 2.45) is 5.92 Å². The molecule has 63 heavy (non-hydrogen) atoms. The number of aliphatic hydroxyl groups excluding tert-OH is 1. The number of sulfone groups is 1. The predicted molar refractivity (Wildman–Crippen MR) is 256 cm³/mol. The van der Waals surface area contributed by atoms with E-state index in [2.05, 4.69) is 70.8 Å². The van der Waals surface area contributed by atoms with Crippen molar-refractivity contribution in [2.45, 2.75) is 47.5 Å². The number of nitrogens with one attached hydrogen (secondary N) is 2. The number of carbonyl (C=O) groups is 1. The minimum Gasteiger partial charge on any atom is -0.400 e. The predicted octanol–water partition coefficient (Wildman–Crippen LogP) is 10.5. The zero-order chi connectivity index (χ0) is 46.0. The maximum Gasteiger partial charge on any atom is 0.501 e. The summed E-state index contributed by atoms with van der Waals surface area (Å²) in [6, 6.07) is 36.5. The monoisotopic (exact) mass is 943 g/mol. The molecule has 16 heteroatoms. The van der Waals surface area contributed by atoms with E-state index in [9.17, 15) is 26.4 Å². The lowest BCUT2D eigenvalue weighted by Gasteiger charge is -2.36. The van der Waals surface area contributed by atoms with E-state index in [-0.39, 0.29) is 17.1 Å². The molecule has 0 aliphatic carbocycles. The number of benzene rings is 5. The van der Waals surface area contributed by atoms with E-state index in [4.69, 9.17) is 16.7 Å². The molecule has 1 saturated heterocycles. The number of nitrogens with zero attached hydrogens (tertiary/aromatic N) is 3. The molecule has 0 atom stereocenters. The third kappa shape index (κ3) is 15.8. The molecule has 5 aromatic carbocycles. The maximum absolute atomic E-state index is 13.6. The van der Waals surface area contributed by atoms with E-state index in [0.29, 0.717) is 16.3 Å². The summed E-state index contributed by atoms with van der Waals surface area (Å²) in [5.41, 5.74) is -0.767. The second-order valence-corrected chi connectivity index (χ2v) is 19.3. The molecule has 1 amide bonds. The van der Waals surface area contributed by atoms with Crippen molar-refractivity contribution in [1.29, 1.82) is 0 Å². The fourth-order valence-corrected chi connectivity index (χ4v) is 9.24. The van der Waals surface area contributed by atoms with Crippen LogP contribution in [-0.4, -0.2) is 100 Å². The normalized spacial score (nSPS) is 13.2. The van der Waals surface area contributed by atoms with Gasteiger partial charge in [0, 0.05) is 84.7 Å². The summed E-state index contributed by atoms with van der Waals surface area (Å²) in [6.45, 7) is 13.4. The van der Waals surface area contributed by atoms with Gasteiger partial charge in [0.15, 0.2) is 0 Å². The molecule has 0 unspecified atom stereocenters. The summed E-state index contributed by atoms with van der Waals surface area (Å²) < 4.78 is 68.5. The average Bonchev–Trinajstić information content (AvgIpc) is 3.28. The van der Waals surface area contributed by atoms with Gasteiger partial charge in [0.05, 0.1) is 5.69 Å². The summed E-state index contributed by atoms with van der Waals surface area (Å²) in [7, 11) is -2.51. The Kier molecular flexibility index (Phi) is 20.7. The van der Waals surface area contributed by atoms with Crippen LogP contribution in [0.25, 0.3) is 11.1 Å². The first-order valence-electron chi connectivity index (χ1n) is 20.5. The van der Waals surface area contributed by atoms with Crippen molar-refractivity contribution in [1.82, 2.24) is 14.5 Å². The van der Waals surface area contributed by atoms with Crippen LogP contribution in [0.3, 0.4) is 0 Å². The van der Waals surface area contributed by atoms with E-state index in [1.54, 1.807) is 12.1 Å². The lowest BCUT2D eigenvalue weighted by atomic mass is 9.99. The highest BCUT2D eigenvalue weighted by atomic mass is 35.5. The van der Waals surface area contributed by atoms with Gasteiger partial charge >= 0.3 is 5.51 Å². The van der Waals surface area contributed by atoms with Crippen LogP contribution in [0.2, 0.25) is 5.02 Å². The van der Waals surface area contributed by atoms with Gasteiger partial charge in [0.1, 0.15) is 4.90 Å². The second kappa shape index (κ2) is 25.3. The third-order valence-corrected chi connectivity index (χ3v) is 13.5. The van der Waals surface area contributed by atoms with Gasteiger partial charge in [-0.3, -0.25) is 14.4 Å². The smallest absolute Gasteiger partial charge is 0.400 e. The molecule has 1 aliphatic rings. The zero-order valence-electron chi connectivity index (χ0n) is 36.2. The summed E-state index contributed by atoms with van der Waals surface area (Å²) >= 11 is 8.33. The maximum atomic E-state index is 13.6. The fraction of sp³-hybridized carbons (Fsp3) is 0.340. The number of alkyl halides is 3. The Labute approximate surface area is 384 Å². The van der Waals surface area contributed by atoms with Gasteiger partial charge in [0.25, 0.3) is 15.7 Å². The second-order valence-electron chi connectivity index (χ2n) is 15.0. The van der Waals surface area contributed by atoms with E-state index in [1.165, 1.54) is 41.6 Å². The number of halogens is 4. The molecule has 0 saturated carbocycles. The minimum atomic E-state index is -5.67. The van der Waals surface area contributed by atoms with Crippen LogP contribution in [0.1, 0.15) is 36.7 Å². The summed E-state index contributed by atoms with van der Waals surface area (Å²) in [5, 5.41) is 10.5. The lowest BCUT2D eigenvalue weighted by molar-refractivity contribution is -0.0435. The third-order valence-electron chi connectivity index (χ3n) is 9.89. The van der Waals surface area contributed by atoms with Crippen molar-refractivity contribution in [3.63, 3.8) is 0 Å². The highest BCUT2D eigenvalue weighted by Crippen LogP contribution is 2.37. The molecule has 5 aromatic rings. The molecule has 0 bridgehead atoms. The topological polar surface area (TPSA) is 105 Å². The number of amides is 1. The summed E-state index contributed by atoms with van der Waals surface area (Å²) in [6.07, 6.45) is 0. The zero-order valence-corrected chi connectivity index (χ0v) is 39.4. The number of piperazine rings is 1. The number of hydrogen-bond acceptors (Lipinski definition) is 10. The molecule has 1 aliphatic heterocycles. The highest BCUT2D eigenvalue weighted by Gasteiger charge is 2.48. The first-order valence-corrected chi connectivity index (χ1v) is 24.2. The fourth-order valence-electron chi connectivity index (χ4n) is 6.65. The Bertz CT molecular complexity index is 2260. The van der Waals surface area contributed by atoms with Gasteiger partial charge < -0.3 is 20.2 Å². The first kappa shape index (κ1) is 51.4. The minimum absolute atomic E-state index is 0.135. The van der Waals surface area contributed by atoms with E-state index in [1.807, 2.05) is 72.8 Å². The Morgan fingerprint density at radius 1 is 0.857 bits per heavy atom. The summed E-state index contributed by atoms with van der Waals surface area (Å²) in [4.78, 5) is 20.2. The van der Waals surface area contributed by atoms with Gasteiger partial charge in [-0.2, -0.15) is 13.2 Å². The highest BCUT2D eigenvalue weighted by molar-refractivity contribution is 7.99. The van der Waals surface area contributed by atoms with Gasteiger partial charge in [-0.25, -0.2) is 8.42 Å². The Hall–Kier alpha value is -4.22. The standard InChI is InChI=1S/C39H36ClF3N4O3S3.C7H17N.CH4O/c40-31-14-10-28(11-15-31)35-9-5-4-6-30(35)27-46-21-23-47(24-22-46)32-16-12-29(13-17-32)38(48)45-52-34-18-19-36(37(26-34)53(49,50)39(41,42)43)44-20-25-51-33-7-2-1-3-8-33;1-5-8(4)6-7(2)3;1-2/h1-19,26,44H,20-25,27H2,(H,45,48);7H,5-6H2,1-4H3;2H,1H3. The van der Waals surface area contributed by atoms with Gasteiger partial charge in [0.2, 0.25) is 0 Å². The first-order chi connectivity index (χ1) is 30.1. The summed E-state index contributed by atoms with van der Waals surface area (Å²) in [5.74, 6) is 0.837. The van der Waals surface area contributed by atoms with Crippen LogP contribution in [0.15, 0.2) is 136 Å². The van der Waals surface area contributed by atoms with Crippen LogP contribution in [0.5, 0.6) is 0 Å². The average molecular weight is 945 g/mol. The number of hydrogen-bond donors (Lipinski definition) is 3. The van der Waals surface area contributed by atoms with Crippen molar-refractivity contribution in [3.05, 3.63) is 137 Å². The number of aliphatic hydroxyl groups is 1. The van der Waals surface area contributed by atoms with Crippen molar-refractivity contribution in [2.75, 3.05) is 75.9 Å². The Morgan fingerprint density at radius 2 is 1.49 bits per heavy atom. The van der Waals surface area contributed by atoms with Crippen molar-refractivity contribution >= 4 is 62.4 Å². The van der Waals surface area contributed by atoms with Gasteiger partial charge in [-0.15, -0.1) is 11.8 Å². The molecule has 0 spiro atoms. The Morgan fingerprint density at radius 3 is 2.10 bits per heavy atom. The molecule has 340 valence electrons. The molecule has 3 N–H and O–H groups in total. The van der Waals surface area contributed by atoms with Crippen molar-refractivity contribution in [3.8, 4) is 11.1 Å². The van der Waals surface area contributed by atoms with Crippen LogP contribution in [0.4, 0.5) is 24.5 Å². The number of rotatable bonds is 16. The molecular formula is C47H57ClF3N5O4S3. The molecule has 1 fully saturated rings. The van der Waals surface area contributed by atoms with Crippen LogP contribution >= 0.6 is 35.3 Å². The van der Waals surface area contributed by atoms with E-state index >= 15 is 0 Å². The molecule has 6 rings (SSSR count). The number of thioether (sulfide) groups is 1. The lowest BCUT2D eigenvalue weighted by Crippen LogP contribution is -2.46. The largest absolute Gasteiger partial charge is 0.501 e. The van der Waals surface area contributed by atoms with Crippen LogP contribution < -0.4 is 14.9 Å². The number of carbonyl (C=O) groups excluding carboxylic acids is 1. The van der Waals surface area contributed by atoms with Crippen LogP contribution in [-0.2, 0) is 16.4 Å².